The number of aliphatic imine (C=N–C) groups is 1. The molecule has 0 fully saturated rings. The molecule has 0 saturated heterocycles. The molecule has 0 atom stereocenters. The van der Waals surface area contributed by atoms with E-state index in [1.165, 1.54) is 0 Å². The summed E-state index contributed by atoms with van der Waals surface area (Å²) in [5.41, 5.74) is 17.8. The van der Waals surface area contributed by atoms with E-state index in [0.717, 1.165) is 24.8 Å². The second-order valence-electron chi connectivity index (χ2n) is 7.23. The number of carbonyl (C=O) groups excluding carboxylic acids is 2. The van der Waals surface area contributed by atoms with Gasteiger partial charge in [-0.15, -0.1) is 0 Å². The van der Waals surface area contributed by atoms with Crippen LogP contribution in [0.3, 0.4) is 0 Å². The zero-order chi connectivity index (χ0) is 25.2. The van der Waals surface area contributed by atoms with Crippen molar-refractivity contribution in [3.63, 3.8) is 0 Å². The maximum absolute atomic E-state index is 12.2. The molecule has 0 saturated carbocycles. The van der Waals surface area contributed by atoms with Crippen LogP contribution in [0.2, 0.25) is 5.15 Å². The molecular weight excluding hydrogens is 488 g/mol. The molecule has 3 rings (SSSR count). The summed E-state index contributed by atoms with van der Waals surface area (Å²) in [5, 5.41) is 4.84. The second kappa shape index (κ2) is 13.5. The third kappa shape index (κ3) is 8.43. The van der Waals surface area contributed by atoms with Gasteiger partial charge < -0.3 is 26.9 Å². The molecule has 36 heavy (non-hydrogen) atoms. The fourth-order valence-corrected chi connectivity index (χ4v) is 2.99. The first-order valence-corrected chi connectivity index (χ1v) is 10.9. The number of nitrogens with two attached hydrogens (primary N) is 3. The first kappa shape index (κ1) is 27.9. The van der Waals surface area contributed by atoms with Crippen LogP contribution in [0.15, 0.2) is 41.7 Å². The molecular formula is C22H29ClN10O3. The number of H-pyrrole nitrogens is 1. The molecule has 1 aromatic carbocycles. The van der Waals surface area contributed by atoms with Gasteiger partial charge in [0.2, 0.25) is 5.95 Å². The van der Waals surface area contributed by atoms with Crippen molar-refractivity contribution >= 4 is 47.0 Å². The lowest BCUT2D eigenvalue weighted by atomic mass is 10.1. The number of hydrogen-bond acceptors (Lipinski definition) is 9. The van der Waals surface area contributed by atoms with Crippen molar-refractivity contribution in [2.24, 2.45) is 10.7 Å². The molecule has 192 valence electrons. The fraction of sp³-hybridized carbons (Fsp3) is 0.273. The van der Waals surface area contributed by atoms with Gasteiger partial charge in [-0.3, -0.25) is 25.2 Å². The normalized spacial score (nSPS) is 10.9. The zero-order valence-corrected chi connectivity index (χ0v) is 19.4. The molecule has 9 N–H and O–H groups in total. The van der Waals surface area contributed by atoms with Crippen LogP contribution in [0.5, 0.6) is 5.75 Å². The Kier molecular flexibility index (Phi) is 10.4. The highest BCUT2D eigenvalue weighted by Gasteiger charge is 2.16. The number of imidazole rings is 1. The minimum Gasteiger partial charge on any atom is -0.484 e. The van der Waals surface area contributed by atoms with E-state index in [9.17, 15) is 9.59 Å². The van der Waals surface area contributed by atoms with Gasteiger partial charge in [0.05, 0.1) is 0 Å². The minimum absolute atomic E-state index is 0. The number of amides is 2. The number of unbranched alkanes of at least 4 members (excludes halogenated alkanes) is 1. The standard InChI is InChI=1S/C21H25ClN10O3.CH4/c22-16-18(24)31-17(23)15(30-16)19(34)32-20(25)26-8-2-1-3-12-4-6-13(7-5-12)35-11-14(33)29-21-27-9-10-28-21;/h4-7,9-10H,1-3,8,11H2,(H4,23,24,31)(H3,25,26,32,34)(H2,27,28,29,33);1H4. The van der Waals surface area contributed by atoms with E-state index in [2.05, 4.69) is 35.6 Å². The van der Waals surface area contributed by atoms with Gasteiger partial charge in [-0.2, -0.15) is 0 Å². The highest BCUT2D eigenvalue weighted by atomic mass is 35.5. The van der Waals surface area contributed by atoms with E-state index < -0.39 is 5.91 Å². The Balaban J connectivity index is 0.00000456. The van der Waals surface area contributed by atoms with Crippen molar-refractivity contribution in [2.45, 2.75) is 26.7 Å². The van der Waals surface area contributed by atoms with E-state index in [1.54, 1.807) is 24.5 Å². The average Bonchev–Trinajstić information content (AvgIpc) is 3.33. The number of nitrogen functional groups attached to an aromatic ring is 2. The number of hydrogen-bond donors (Lipinski definition) is 6. The summed E-state index contributed by atoms with van der Waals surface area (Å²) < 4.78 is 5.47. The highest BCUT2D eigenvalue weighted by Crippen LogP contribution is 2.17. The van der Waals surface area contributed by atoms with Gasteiger partial charge in [-0.1, -0.05) is 31.2 Å². The number of anilines is 3. The van der Waals surface area contributed by atoms with Crippen LogP contribution in [0.4, 0.5) is 17.6 Å². The van der Waals surface area contributed by atoms with Crippen molar-refractivity contribution in [1.82, 2.24) is 25.3 Å². The van der Waals surface area contributed by atoms with Crippen molar-refractivity contribution in [2.75, 3.05) is 29.9 Å². The molecule has 0 radical (unpaired) electrons. The van der Waals surface area contributed by atoms with Gasteiger partial charge in [0.15, 0.2) is 35.0 Å². The quantitative estimate of drug-likeness (QED) is 0.131. The molecule has 0 bridgehead atoms. The molecule has 0 aliphatic carbocycles. The van der Waals surface area contributed by atoms with Crippen molar-refractivity contribution in [3.8, 4) is 5.75 Å². The number of carbonyl (C=O) groups is 2. The molecule has 2 aromatic heterocycles. The van der Waals surface area contributed by atoms with E-state index in [-0.39, 0.29) is 48.4 Å². The number of aromatic nitrogens is 4. The van der Waals surface area contributed by atoms with Crippen LogP contribution >= 0.6 is 11.6 Å². The predicted molar refractivity (Wildman–Crippen MR) is 139 cm³/mol. The van der Waals surface area contributed by atoms with Crippen molar-refractivity contribution < 1.29 is 14.3 Å². The average molecular weight is 517 g/mol. The Morgan fingerprint density at radius 3 is 2.56 bits per heavy atom. The van der Waals surface area contributed by atoms with Crippen LogP contribution in [0, 0.1) is 0 Å². The third-order valence-corrected chi connectivity index (χ3v) is 4.84. The number of aryl methyl sites for hydroxylation is 1. The van der Waals surface area contributed by atoms with Crippen LogP contribution < -0.4 is 32.6 Å². The number of benzene rings is 1. The number of nitrogens with zero attached hydrogens (tertiary/aromatic N) is 4. The lowest BCUT2D eigenvalue weighted by molar-refractivity contribution is -0.118. The molecule has 0 unspecified atom stereocenters. The predicted octanol–water partition coefficient (Wildman–Crippen LogP) is 1.74. The maximum atomic E-state index is 12.2. The van der Waals surface area contributed by atoms with Gasteiger partial charge in [0, 0.05) is 18.9 Å². The van der Waals surface area contributed by atoms with Crippen molar-refractivity contribution in [1.29, 1.82) is 0 Å². The molecule has 0 aliphatic heterocycles. The topological polar surface area (TPSA) is 212 Å². The molecule has 13 nitrogen and oxygen atoms in total. The molecule has 3 aromatic rings. The summed E-state index contributed by atoms with van der Waals surface area (Å²) in [6, 6.07) is 7.47. The second-order valence-corrected chi connectivity index (χ2v) is 7.59. The van der Waals surface area contributed by atoms with Crippen LogP contribution in [0.1, 0.15) is 36.3 Å². The zero-order valence-electron chi connectivity index (χ0n) is 18.6. The number of nitrogens with one attached hydrogen (secondary N) is 3. The highest BCUT2D eigenvalue weighted by molar-refractivity contribution is 6.31. The van der Waals surface area contributed by atoms with E-state index in [1.807, 2.05) is 12.1 Å². The van der Waals surface area contributed by atoms with E-state index in [4.69, 9.17) is 33.5 Å². The summed E-state index contributed by atoms with van der Waals surface area (Å²) in [6.07, 6.45) is 5.57. The number of ether oxygens (including phenoxy) is 1. The minimum atomic E-state index is -0.682. The lowest BCUT2D eigenvalue weighted by Gasteiger charge is -2.08. The van der Waals surface area contributed by atoms with Gasteiger partial charge in [0.25, 0.3) is 11.8 Å². The summed E-state index contributed by atoms with van der Waals surface area (Å²) >= 11 is 5.77. The van der Waals surface area contributed by atoms with Crippen LogP contribution in [-0.4, -0.2) is 50.9 Å². The Labute approximate surface area is 212 Å². The lowest BCUT2D eigenvalue weighted by Crippen LogP contribution is -2.38. The maximum Gasteiger partial charge on any atom is 0.280 e. The van der Waals surface area contributed by atoms with Gasteiger partial charge in [-0.25, -0.2) is 15.0 Å². The summed E-state index contributed by atoms with van der Waals surface area (Å²) in [6.45, 7) is 0.294. The molecule has 0 aliphatic rings. The van der Waals surface area contributed by atoms with Crippen LogP contribution in [-0.2, 0) is 11.2 Å². The van der Waals surface area contributed by atoms with E-state index >= 15 is 0 Å². The smallest absolute Gasteiger partial charge is 0.280 e. The Morgan fingerprint density at radius 1 is 1.11 bits per heavy atom. The Bertz CT molecular complexity index is 1180. The summed E-state index contributed by atoms with van der Waals surface area (Å²) in [5.74, 6) is -0.338. The molecule has 0 spiro atoms. The molecule has 2 heterocycles. The Hall–Kier alpha value is -4.39. The number of aromatic amines is 1. The number of rotatable bonds is 10. The van der Waals surface area contributed by atoms with Gasteiger partial charge in [-0.05, 0) is 37.0 Å². The largest absolute Gasteiger partial charge is 0.484 e. The SMILES string of the molecule is C.NC(=NCCCCc1ccc(OCC(=O)Nc2ncc[nH]2)cc1)NC(=O)c1nc(Cl)c(N)nc1N. The van der Waals surface area contributed by atoms with Gasteiger partial charge in [0.1, 0.15) is 5.75 Å². The van der Waals surface area contributed by atoms with Crippen LogP contribution in [0.25, 0.3) is 0 Å². The third-order valence-electron chi connectivity index (χ3n) is 4.57. The first-order chi connectivity index (χ1) is 16.8. The monoisotopic (exact) mass is 516 g/mol. The summed E-state index contributed by atoms with van der Waals surface area (Å²) in [7, 11) is 0. The van der Waals surface area contributed by atoms with E-state index in [0.29, 0.717) is 18.2 Å². The van der Waals surface area contributed by atoms with Gasteiger partial charge >= 0.3 is 0 Å². The summed E-state index contributed by atoms with van der Waals surface area (Å²) in [4.78, 5) is 42.4. The van der Waals surface area contributed by atoms with Crippen molar-refractivity contribution in [3.05, 3.63) is 53.1 Å². The molecule has 2 amide bonds. The first-order valence-electron chi connectivity index (χ1n) is 10.5. The fourth-order valence-electron chi connectivity index (χ4n) is 2.87. The Morgan fingerprint density at radius 2 is 1.86 bits per heavy atom. The number of guanidine groups is 1. The molecule has 14 heteroatoms. The number of halogens is 1.